The smallest absolute Gasteiger partial charge is 0.220 e. The minimum absolute atomic E-state index is 0.0886. The maximum atomic E-state index is 11.4. The summed E-state index contributed by atoms with van der Waals surface area (Å²) in [5.74, 6) is 0.905. The van der Waals surface area contributed by atoms with Gasteiger partial charge in [0.15, 0.2) is 0 Å². The van der Waals surface area contributed by atoms with Crippen molar-refractivity contribution in [2.75, 3.05) is 19.8 Å². The molecule has 0 unspecified atom stereocenters. The van der Waals surface area contributed by atoms with Crippen molar-refractivity contribution >= 4 is 5.91 Å². The molecule has 1 fully saturated rings. The van der Waals surface area contributed by atoms with Gasteiger partial charge < -0.3 is 15.8 Å². The van der Waals surface area contributed by atoms with Crippen molar-refractivity contribution in [3.05, 3.63) is 0 Å². The standard InChI is InChI=1S/C13H26N2O2/c1-13(2,14)7-6-12(16)15-8-3-9-17-10-11-4-5-11/h11H,3-10,14H2,1-2H3,(H,15,16). The highest BCUT2D eigenvalue weighted by Gasteiger charge is 2.20. The molecule has 0 aromatic rings. The molecule has 0 saturated heterocycles. The number of rotatable bonds is 9. The Balaban J connectivity index is 1.85. The molecule has 0 atom stereocenters. The second kappa shape index (κ2) is 6.97. The number of nitrogens with two attached hydrogens (primary N) is 1. The van der Waals surface area contributed by atoms with Gasteiger partial charge in [0, 0.05) is 31.7 Å². The Morgan fingerprint density at radius 1 is 1.47 bits per heavy atom. The topological polar surface area (TPSA) is 64.4 Å². The Morgan fingerprint density at radius 3 is 2.76 bits per heavy atom. The molecule has 4 nitrogen and oxygen atoms in total. The molecule has 1 aliphatic carbocycles. The summed E-state index contributed by atoms with van der Waals surface area (Å²) in [6.45, 7) is 6.22. The highest BCUT2D eigenvalue weighted by molar-refractivity contribution is 5.75. The number of nitrogens with one attached hydrogen (secondary N) is 1. The molecular formula is C13H26N2O2. The van der Waals surface area contributed by atoms with Crippen LogP contribution in [0.1, 0.15) is 46.0 Å². The average Bonchev–Trinajstić information content (AvgIpc) is 3.03. The lowest BCUT2D eigenvalue weighted by atomic mass is 10.00. The molecular weight excluding hydrogens is 216 g/mol. The van der Waals surface area contributed by atoms with E-state index in [4.69, 9.17) is 10.5 Å². The molecule has 1 saturated carbocycles. The third kappa shape index (κ3) is 9.12. The fourth-order valence-electron chi connectivity index (χ4n) is 1.46. The first-order valence-corrected chi connectivity index (χ1v) is 6.61. The largest absolute Gasteiger partial charge is 0.381 e. The number of carbonyl (C=O) groups is 1. The number of ether oxygens (including phenoxy) is 1. The maximum Gasteiger partial charge on any atom is 0.220 e. The number of hydrogen-bond acceptors (Lipinski definition) is 3. The summed E-state index contributed by atoms with van der Waals surface area (Å²) in [4.78, 5) is 11.4. The molecule has 1 aliphatic rings. The summed E-state index contributed by atoms with van der Waals surface area (Å²) in [6.07, 6.45) is 4.77. The minimum Gasteiger partial charge on any atom is -0.381 e. The van der Waals surface area contributed by atoms with Crippen molar-refractivity contribution in [1.82, 2.24) is 5.32 Å². The van der Waals surface area contributed by atoms with Gasteiger partial charge in [-0.2, -0.15) is 0 Å². The van der Waals surface area contributed by atoms with Gasteiger partial charge in [-0.15, -0.1) is 0 Å². The third-order valence-corrected chi connectivity index (χ3v) is 2.83. The van der Waals surface area contributed by atoms with Gasteiger partial charge in [0.05, 0.1) is 0 Å². The Kier molecular flexibility index (Phi) is 5.92. The van der Waals surface area contributed by atoms with E-state index in [1.54, 1.807) is 0 Å². The molecule has 0 bridgehead atoms. The zero-order valence-corrected chi connectivity index (χ0v) is 11.1. The lowest BCUT2D eigenvalue weighted by molar-refractivity contribution is -0.121. The average molecular weight is 242 g/mol. The van der Waals surface area contributed by atoms with Gasteiger partial charge in [-0.05, 0) is 45.4 Å². The minimum atomic E-state index is -0.259. The summed E-state index contributed by atoms with van der Waals surface area (Å²) in [5, 5.41) is 2.88. The number of amides is 1. The van der Waals surface area contributed by atoms with E-state index in [2.05, 4.69) is 5.32 Å². The highest BCUT2D eigenvalue weighted by Crippen LogP contribution is 2.28. The zero-order valence-electron chi connectivity index (χ0n) is 11.1. The van der Waals surface area contributed by atoms with Crippen molar-refractivity contribution in [3.8, 4) is 0 Å². The first kappa shape index (κ1) is 14.5. The predicted molar refractivity (Wildman–Crippen MR) is 68.7 cm³/mol. The van der Waals surface area contributed by atoms with E-state index in [1.807, 2.05) is 13.8 Å². The van der Waals surface area contributed by atoms with Crippen LogP contribution in [-0.4, -0.2) is 31.2 Å². The lowest BCUT2D eigenvalue weighted by Gasteiger charge is -2.17. The Morgan fingerprint density at radius 2 is 2.18 bits per heavy atom. The van der Waals surface area contributed by atoms with Crippen LogP contribution in [0.25, 0.3) is 0 Å². The number of carbonyl (C=O) groups excluding carboxylic acids is 1. The fraction of sp³-hybridized carbons (Fsp3) is 0.923. The molecule has 3 N–H and O–H groups in total. The summed E-state index contributed by atoms with van der Waals surface area (Å²) in [5.41, 5.74) is 5.55. The molecule has 0 aromatic carbocycles. The predicted octanol–water partition coefficient (Wildman–Crippen LogP) is 1.44. The molecule has 100 valence electrons. The third-order valence-electron chi connectivity index (χ3n) is 2.83. The lowest BCUT2D eigenvalue weighted by Crippen LogP contribution is -2.34. The van der Waals surface area contributed by atoms with Gasteiger partial charge >= 0.3 is 0 Å². The normalized spacial score (nSPS) is 15.9. The van der Waals surface area contributed by atoms with E-state index in [9.17, 15) is 4.79 Å². The molecule has 0 aromatic heterocycles. The van der Waals surface area contributed by atoms with Gasteiger partial charge in [0.25, 0.3) is 0 Å². The Hall–Kier alpha value is -0.610. The van der Waals surface area contributed by atoms with Crippen LogP contribution >= 0.6 is 0 Å². The van der Waals surface area contributed by atoms with Crippen LogP contribution in [0.15, 0.2) is 0 Å². The molecule has 1 rings (SSSR count). The van der Waals surface area contributed by atoms with Crippen LogP contribution in [0, 0.1) is 5.92 Å². The van der Waals surface area contributed by atoms with Crippen LogP contribution in [0.5, 0.6) is 0 Å². The van der Waals surface area contributed by atoms with Gasteiger partial charge in [-0.25, -0.2) is 0 Å². The second-order valence-corrected chi connectivity index (χ2v) is 5.71. The second-order valence-electron chi connectivity index (χ2n) is 5.71. The van der Waals surface area contributed by atoms with Crippen molar-refractivity contribution < 1.29 is 9.53 Å². The van der Waals surface area contributed by atoms with Crippen LogP contribution in [0.2, 0.25) is 0 Å². The van der Waals surface area contributed by atoms with Crippen LogP contribution in [-0.2, 0) is 9.53 Å². The van der Waals surface area contributed by atoms with Crippen molar-refractivity contribution in [3.63, 3.8) is 0 Å². The van der Waals surface area contributed by atoms with Crippen LogP contribution < -0.4 is 11.1 Å². The summed E-state index contributed by atoms with van der Waals surface area (Å²) >= 11 is 0. The zero-order chi connectivity index (χ0) is 12.7. The monoisotopic (exact) mass is 242 g/mol. The van der Waals surface area contributed by atoms with Crippen molar-refractivity contribution in [1.29, 1.82) is 0 Å². The van der Waals surface area contributed by atoms with E-state index < -0.39 is 0 Å². The van der Waals surface area contributed by atoms with E-state index in [0.29, 0.717) is 13.0 Å². The van der Waals surface area contributed by atoms with E-state index >= 15 is 0 Å². The van der Waals surface area contributed by atoms with Crippen LogP contribution in [0.4, 0.5) is 0 Å². The first-order valence-electron chi connectivity index (χ1n) is 6.61. The van der Waals surface area contributed by atoms with Gasteiger partial charge in [-0.3, -0.25) is 4.79 Å². The van der Waals surface area contributed by atoms with Crippen LogP contribution in [0.3, 0.4) is 0 Å². The molecule has 17 heavy (non-hydrogen) atoms. The molecule has 0 heterocycles. The molecule has 0 radical (unpaired) electrons. The highest BCUT2D eigenvalue weighted by atomic mass is 16.5. The Bertz CT molecular complexity index is 232. The SMILES string of the molecule is CC(C)(N)CCC(=O)NCCCOCC1CC1. The first-order chi connectivity index (χ1) is 7.97. The molecule has 0 aliphatic heterocycles. The van der Waals surface area contributed by atoms with Gasteiger partial charge in [0.1, 0.15) is 0 Å². The van der Waals surface area contributed by atoms with Crippen molar-refractivity contribution in [2.24, 2.45) is 11.7 Å². The summed E-state index contributed by atoms with van der Waals surface area (Å²) < 4.78 is 5.48. The van der Waals surface area contributed by atoms with E-state index in [1.165, 1.54) is 12.8 Å². The quantitative estimate of drug-likeness (QED) is 0.601. The Labute approximate surface area is 104 Å². The number of hydrogen-bond donors (Lipinski definition) is 2. The van der Waals surface area contributed by atoms with E-state index in [-0.39, 0.29) is 11.4 Å². The molecule has 1 amide bonds. The molecule has 0 spiro atoms. The van der Waals surface area contributed by atoms with E-state index in [0.717, 1.165) is 32.0 Å². The maximum absolute atomic E-state index is 11.4. The van der Waals surface area contributed by atoms with Gasteiger partial charge in [0.2, 0.25) is 5.91 Å². The van der Waals surface area contributed by atoms with Gasteiger partial charge in [-0.1, -0.05) is 0 Å². The van der Waals surface area contributed by atoms with Crippen molar-refractivity contribution in [2.45, 2.75) is 51.5 Å². The molecule has 4 heteroatoms. The fourth-order valence-corrected chi connectivity index (χ4v) is 1.46. The summed E-state index contributed by atoms with van der Waals surface area (Å²) in [6, 6.07) is 0. The summed E-state index contributed by atoms with van der Waals surface area (Å²) in [7, 11) is 0.